The molecule has 1 fully saturated rings. The molecule has 0 spiro atoms. The molecule has 78 valence electrons. The van der Waals surface area contributed by atoms with E-state index in [4.69, 9.17) is 12.2 Å². The molecule has 0 aromatic heterocycles. The van der Waals surface area contributed by atoms with E-state index in [2.05, 4.69) is 4.74 Å². The maximum absolute atomic E-state index is 11.5. The molecule has 6 heteroatoms. The van der Waals surface area contributed by atoms with Crippen LogP contribution >= 0.6 is 24.0 Å². The molecule has 1 unspecified atom stereocenters. The number of rotatable bonds is 2. The first-order chi connectivity index (χ1) is 6.61. The first kappa shape index (κ1) is 11.5. The molecule has 1 amide bonds. The zero-order valence-electron chi connectivity index (χ0n) is 7.98. The van der Waals surface area contributed by atoms with E-state index in [0.717, 1.165) is 0 Å². The summed E-state index contributed by atoms with van der Waals surface area (Å²) in [6.45, 7) is 1.74. The van der Waals surface area contributed by atoms with Gasteiger partial charge in [-0.15, -0.1) is 0 Å². The lowest BCUT2D eigenvalue weighted by atomic mass is 10.3. The summed E-state index contributed by atoms with van der Waals surface area (Å²) in [6.07, 6.45) is 0.341. The molecule has 0 aromatic carbocycles. The van der Waals surface area contributed by atoms with Crippen molar-refractivity contribution in [1.82, 2.24) is 4.90 Å². The zero-order valence-corrected chi connectivity index (χ0v) is 9.61. The molecule has 4 nitrogen and oxygen atoms in total. The number of hydrogen-bond acceptors (Lipinski definition) is 5. The molecule has 14 heavy (non-hydrogen) atoms. The van der Waals surface area contributed by atoms with E-state index in [1.807, 2.05) is 0 Å². The molecule has 0 saturated carbocycles. The second-order valence-corrected chi connectivity index (χ2v) is 4.39. The Bertz CT molecular complexity index is 280. The smallest absolute Gasteiger partial charge is 0.329 e. The van der Waals surface area contributed by atoms with Gasteiger partial charge in [0.1, 0.15) is 10.4 Å². The molecule has 1 aliphatic heterocycles. The molecule has 1 aliphatic rings. The van der Waals surface area contributed by atoms with Crippen LogP contribution in [-0.4, -0.2) is 40.0 Å². The van der Waals surface area contributed by atoms with Gasteiger partial charge in [-0.05, 0) is 0 Å². The number of carbonyl (C=O) groups excluding carboxylic acids is 2. The van der Waals surface area contributed by atoms with Gasteiger partial charge in [0.25, 0.3) is 0 Å². The second kappa shape index (κ2) is 4.75. The highest BCUT2D eigenvalue weighted by Gasteiger charge is 2.38. The van der Waals surface area contributed by atoms with E-state index >= 15 is 0 Å². The maximum Gasteiger partial charge on any atom is 0.329 e. The van der Waals surface area contributed by atoms with Crippen molar-refractivity contribution in [2.75, 3.05) is 12.9 Å². The Labute approximate surface area is 92.0 Å². The number of amides is 1. The minimum atomic E-state index is -0.537. The van der Waals surface area contributed by atoms with E-state index in [-0.39, 0.29) is 5.91 Å². The third kappa shape index (κ3) is 2.06. The number of nitrogens with zero attached hydrogens (tertiary/aromatic N) is 1. The molecule has 1 heterocycles. The van der Waals surface area contributed by atoms with Crippen LogP contribution in [0.1, 0.15) is 13.3 Å². The van der Waals surface area contributed by atoms with Crippen LogP contribution in [0.3, 0.4) is 0 Å². The van der Waals surface area contributed by atoms with Crippen molar-refractivity contribution in [3.05, 3.63) is 0 Å². The van der Waals surface area contributed by atoms with Crippen molar-refractivity contribution in [2.45, 2.75) is 19.4 Å². The molecule has 1 saturated heterocycles. The van der Waals surface area contributed by atoms with Gasteiger partial charge in [0.2, 0.25) is 5.91 Å². The molecule has 1 atom stereocenters. The molecule has 0 N–H and O–H groups in total. The highest BCUT2D eigenvalue weighted by atomic mass is 32.2. The molecular weight excluding hydrogens is 222 g/mol. The van der Waals surface area contributed by atoms with Crippen LogP contribution in [0.25, 0.3) is 0 Å². The Balaban J connectivity index is 2.81. The number of ether oxygens (including phenoxy) is 1. The molecule has 1 rings (SSSR count). The van der Waals surface area contributed by atoms with Crippen LogP contribution in [0.5, 0.6) is 0 Å². The van der Waals surface area contributed by atoms with Gasteiger partial charge in [-0.3, -0.25) is 9.69 Å². The van der Waals surface area contributed by atoms with Gasteiger partial charge < -0.3 is 4.74 Å². The Kier molecular flexibility index (Phi) is 3.88. The average Bonchev–Trinajstić information content (AvgIpc) is 2.58. The van der Waals surface area contributed by atoms with Crippen LogP contribution in [-0.2, 0) is 14.3 Å². The van der Waals surface area contributed by atoms with E-state index in [9.17, 15) is 9.59 Å². The summed E-state index contributed by atoms with van der Waals surface area (Å²) < 4.78 is 5.07. The minimum Gasteiger partial charge on any atom is -0.467 e. The number of hydrogen-bond donors (Lipinski definition) is 0. The fourth-order valence-electron chi connectivity index (χ4n) is 1.18. The van der Waals surface area contributed by atoms with Crippen molar-refractivity contribution >= 4 is 40.2 Å². The third-order valence-corrected chi connectivity index (χ3v) is 3.39. The lowest BCUT2D eigenvalue weighted by molar-refractivity contribution is -0.148. The predicted molar refractivity (Wildman–Crippen MR) is 58.0 cm³/mol. The Morgan fingerprint density at radius 2 is 2.36 bits per heavy atom. The predicted octanol–water partition coefficient (Wildman–Crippen LogP) is 0.798. The highest BCUT2D eigenvalue weighted by Crippen LogP contribution is 2.25. The normalized spacial score (nSPS) is 21.1. The van der Waals surface area contributed by atoms with Gasteiger partial charge in [0, 0.05) is 12.2 Å². The lowest BCUT2D eigenvalue weighted by Crippen LogP contribution is -2.43. The van der Waals surface area contributed by atoms with Gasteiger partial charge in [-0.1, -0.05) is 30.9 Å². The topological polar surface area (TPSA) is 46.6 Å². The Hall–Kier alpha value is -0.620. The summed E-state index contributed by atoms with van der Waals surface area (Å²) in [7, 11) is 1.31. The van der Waals surface area contributed by atoms with Crippen molar-refractivity contribution in [3.63, 3.8) is 0 Å². The largest absolute Gasteiger partial charge is 0.467 e. The van der Waals surface area contributed by atoms with E-state index < -0.39 is 12.0 Å². The van der Waals surface area contributed by atoms with Crippen LogP contribution in [0.15, 0.2) is 0 Å². The van der Waals surface area contributed by atoms with Gasteiger partial charge in [-0.25, -0.2) is 4.79 Å². The van der Waals surface area contributed by atoms with Gasteiger partial charge in [0.05, 0.1) is 7.11 Å². The second-order valence-electron chi connectivity index (χ2n) is 2.73. The standard InChI is InChI=1S/C8H11NO3S2/c1-3-6(10)9-5(7(11)12-2)4-14-8(9)13/h5H,3-4H2,1-2H3. The van der Waals surface area contributed by atoms with E-state index in [1.165, 1.54) is 23.8 Å². The fraction of sp³-hybridized carbons (Fsp3) is 0.625. The summed E-state index contributed by atoms with van der Waals surface area (Å²) in [5, 5.41) is 0. The number of esters is 1. The van der Waals surface area contributed by atoms with E-state index in [0.29, 0.717) is 16.5 Å². The first-order valence-electron chi connectivity index (χ1n) is 4.18. The van der Waals surface area contributed by atoms with E-state index in [1.54, 1.807) is 6.92 Å². The summed E-state index contributed by atoms with van der Waals surface area (Å²) in [5.74, 6) is -0.0356. The van der Waals surface area contributed by atoms with Crippen LogP contribution in [0.4, 0.5) is 0 Å². The quantitative estimate of drug-likeness (QED) is 0.521. The monoisotopic (exact) mass is 233 g/mol. The maximum atomic E-state index is 11.5. The number of methoxy groups -OCH3 is 1. The fourth-order valence-corrected chi connectivity index (χ4v) is 2.56. The molecule has 0 aromatic rings. The molecule has 0 aliphatic carbocycles. The highest BCUT2D eigenvalue weighted by molar-refractivity contribution is 8.23. The Morgan fingerprint density at radius 1 is 1.71 bits per heavy atom. The number of carbonyl (C=O) groups is 2. The molecular formula is C8H11NO3S2. The van der Waals surface area contributed by atoms with Crippen LogP contribution in [0.2, 0.25) is 0 Å². The SMILES string of the molecule is CCC(=O)N1C(=S)SCC1C(=O)OC. The Morgan fingerprint density at radius 3 is 2.86 bits per heavy atom. The van der Waals surface area contributed by atoms with Crippen molar-refractivity contribution in [1.29, 1.82) is 0 Å². The summed E-state index contributed by atoms with van der Waals surface area (Å²) >= 11 is 6.32. The molecule has 0 radical (unpaired) electrons. The summed E-state index contributed by atoms with van der Waals surface area (Å²) in [6, 6.07) is -0.537. The first-order valence-corrected chi connectivity index (χ1v) is 5.57. The zero-order chi connectivity index (χ0) is 10.7. The molecule has 0 bridgehead atoms. The van der Waals surface area contributed by atoms with Crippen molar-refractivity contribution in [2.24, 2.45) is 0 Å². The third-order valence-electron chi connectivity index (χ3n) is 1.92. The average molecular weight is 233 g/mol. The number of thioether (sulfide) groups is 1. The lowest BCUT2D eigenvalue weighted by Gasteiger charge is -2.20. The summed E-state index contributed by atoms with van der Waals surface area (Å²) in [5.41, 5.74) is 0. The minimum absolute atomic E-state index is 0.129. The van der Waals surface area contributed by atoms with Gasteiger partial charge >= 0.3 is 5.97 Å². The van der Waals surface area contributed by atoms with Crippen LogP contribution < -0.4 is 0 Å². The van der Waals surface area contributed by atoms with Crippen LogP contribution in [0, 0.1) is 0 Å². The van der Waals surface area contributed by atoms with Crippen molar-refractivity contribution < 1.29 is 14.3 Å². The van der Waals surface area contributed by atoms with Gasteiger partial charge in [0.15, 0.2) is 0 Å². The summed E-state index contributed by atoms with van der Waals surface area (Å²) in [4.78, 5) is 24.1. The van der Waals surface area contributed by atoms with Crippen molar-refractivity contribution in [3.8, 4) is 0 Å². The van der Waals surface area contributed by atoms with Gasteiger partial charge in [-0.2, -0.15) is 0 Å². The number of thiocarbonyl (C=S) groups is 1.